The zero-order valence-corrected chi connectivity index (χ0v) is 13.0. The zero-order chi connectivity index (χ0) is 16.4. The zero-order valence-electron chi connectivity index (χ0n) is 13.0. The van der Waals surface area contributed by atoms with Crippen molar-refractivity contribution in [3.63, 3.8) is 0 Å². The number of ether oxygens (including phenoxy) is 1. The molecule has 3 aromatic rings. The molecule has 0 aliphatic heterocycles. The molecule has 0 radical (unpaired) electrons. The Morgan fingerprint density at radius 1 is 1.30 bits per heavy atom. The van der Waals surface area contributed by atoms with E-state index in [-0.39, 0.29) is 0 Å². The third-order valence-electron chi connectivity index (χ3n) is 3.57. The summed E-state index contributed by atoms with van der Waals surface area (Å²) in [7, 11) is 1.63. The Balaban J connectivity index is 2.25. The Morgan fingerprint density at radius 3 is 2.87 bits per heavy atom. The van der Waals surface area contributed by atoms with Gasteiger partial charge in [0.15, 0.2) is 0 Å². The fourth-order valence-corrected chi connectivity index (χ4v) is 2.47. The van der Waals surface area contributed by atoms with Crippen LogP contribution in [-0.4, -0.2) is 22.4 Å². The predicted octanol–water partition coefficient (Wildman–Crippen LogP) is 2.82. The molecule has 0 bridgehead atoms. The van der Waals surface area contributed by atoms with Gasteiger partial charge in [0.05, 0.1) is 18.5 Å². The standard InChI is InChI=1S/C18H17N3O2/c1-12-8-9-21-15(6-7-16(19)22)18(20-17(21)10-12)13-4-3-5-14(11-13)23-2/h3-11H,1-2H3,(H2,19,22)/b7-6+. The van der Waals surface area contributed by atoms with Crippen LogP contribution in [-0.2, 0) is 4.79 Å². The van der Waals surface area contributed by atoms with Crippen LogP contribution in [0.4, 0.5) is 0 Å². The number of aromatic nitrogens is 2. The van der Waals surface area contributed by atoms with Crippen molar-refractivity contribution in [2.45, 2.75) is 6.92 Å². The lowest BCUT2D eigenvalue weighted by Gasteiger charge is -2.04. The molecule has 2 aromatic heterocycles. The van der Waals surface area contributed by atoms with Gasteiger partial charge in [-0.2, -0.15) is 0 Å². The van der Waals surface area contributed by atoms with Gasteiger partial charge >= 0.3 is 0 Å². The number of carbonyl (C=O) groups is 1. The second kappa shape index (κ2) is 5.96. The maximum absolute atomic E-state index is 11.1. The van der Waals surface area contributed by atoms with E-state index in [0.29, 0.717) is 0 Å². The summed E-state index contributed by atoms with van der Waals surface area (Å²) < 4.78 is 7.21. The van der Waals surface area contributed by atoms with Gasteiger partial charge in [0.1, 0.15) is 11.4 Å². The van der Waals surface area contributed by atoms with Crippen LogP contribution in [0.15, 0.2) is 48.7 Å². The van der Waals surface area contributed by atoms with E-state index >= 15 is 0 Å². The van der Waals surface area contributed by atoms with Crippen LogP contribution >= 0.6 is 0 Å². The lowest BCUT2D eigenvalue weighted by atomic mass is 10.1. The van der Waals surface area contributed by atoms with E-state index < -0.39 is 5.91 Å². The first kappa shape index (κ1) is 14.8. The van der Waals surface area contributed by atoms with Gasteiger partial charge in [-0.15, -0.1) is 0 Å². The molecule has 0 fully saturated rings. The van der Waals surface area contributed by atoms with Crippen LogP contribution < -0.4 is 10.5 Å². The van der Waals surface area contributed by atoms with Crippen molar-refractivity contribution in [3.8, 4) is 17.0 Å². The maximum atomic E-state index is 11.1. The summed E-state index contributed by atoms with van der Waals surface area (Å²) in [5.74, 6) is 0.254. The molecule has 0 saturated heterocycles. The summed E-state index contributed by atoms with van der Waals surface area (Å²) >= 11 is 0. The number of primary amides is 1. The smallest absolute Gasteiger partial charge is 0.241 e. The minimum atomic E-state index is -0.497. The first-order valence-electron chi connectivity index (χ1n) is 7.19. The number of aryl methyl sites for hydroxylation is 1. The summed E-state index contributed by atoms with van der Waals surface area (Å²) in [5.41, 5.74) is 9.64. The van der Waals surface area contributed by atoms with E-state index in [4.69, 9.17) is 15.5 Å². The number of amides is 1. The van der Waals surface area contributed by atoms with Gasteiger partial charge in [0, 0.05) is 17.8 Å². The van der Waals surface area contributed by atoms with Crippen molar-refractivity contribution in [1.29, 1.82) is 0 Å². The molecule has 0 unspecified atom stereocenters. The Labute approximate surface area is 134 Å². The third-order valence-corrected chi connectivity index (χ3v) is 3.57. The van der Waals surface area contributed by atoms with Crippen LogP contribution in [0.2, 0.25) is 0 Å². The number of methoxy groups -OCH3 is 1. The molecule has 0 aliphatic carbocycles. The minimum absolute atomic E-state index is 0.497. The Kier molecular flexibility index (Phi) is 3.85. The molecule has 5 nitrogen and oxygen atoms in total. The summed E-state index contributed by atoms with van der Waals surface area (Å²) in [6.45, 7) is 2.01. The molecular formula is C18H17N3O2. The number of imidazole rings is 1. The highest BCUT2D eigenvalue weighted by Crippen LogP contribution is 2.28. The molecule has 3 rings (SSSR count). The highest BCUT2D eigenvalue weighted by molar-refractivity contribution is 5.91. The second-order valence-electron chi connectivity index (χ2n) is 5.25. The molecule has 1 aromatic carbocycles. The lowest BCUT2D eigenvalue weighted by molar-refractivity contribution is -0.113. The van der Waals surface area contributed by atoms with Gasteiger partial charge in [0.25, 0.3) is 0 Å². The van der Waals surface area contributed by atoms with E-state index in [2.05, 4.69) is 0 Å². The Hall–Kier alpha value is -3.08. The Morgan fingerprint density at radius 2 is 2.13 bits per heavy atom. The average molecular weight is 307 g/mol. The Bertz CT molecular complexity index is 910. The van der Waals surface area contributed by atoms with Crippen molar-refractivity contribution in [1.82, 2.24) is 9.38 Å². The number of nitrogens with zero attached hydrogens (tertiary/aromatic N) is 2. The number of nitrogens with two attached hydrogens (primary N) is 1. The summed E-state index contributed by atoms with van der Waals surface area (Å²) in [6.07, 6.45) is 4.96. The molecular weight excluding hydrogens is 290 g/mol. The highest BCUT2D eigenvalue weighted by atomic mass is 16.5. The van der Waals surface area contributed by atoms with Crippen molar-refractivity contribution >= 4 is 17.6 Å². The fourth-order valence-electron chi connectivity index (χ4n) is 2.47. The lowest BCUT2D eigenvalue weighted by Crippen LogP contribution is -2.05. The molecule has 5 heteroatoms. The largest absolute Gasteiger partial charge is 0.497 e. The van der Waals surface area contributed by atoms with E-state index in [1.165, 1.54) is 6.08 Å². The minimum Gasteiger partial charge on any atom is -0.497 e. The molecule has 0 aliphatic rings. The van der Waals surface area contributed by atoms with Crippen LogP contribution in [0, 0.1) is 6.92 Å². The monoisotopic (exact) mass is 307 g/mol. The van der Waals surface area contributed by atoms with Gasteiger partial charge in [0.2, 0.25) is 5.91 Å². The molecule has 2 heterocycles. The van der Waals surface area contributed by atoms with Gasteiger partial charge in [-0.3, -0.25) is 9.20 Å². The summed E-state index contributed by atoms with van der Waals surface area (Å²) in [6, 6.07) is 11.6. The highest BCUT2D eigenvalue weighted by Gasteiger charge is 2.13. The van der Waals surface area contributed by atoms with Gasteiger partial charge < -0.3 is 10.5 Å². The first-order chi connectivity index (χ1) is 11.1. The summed E-state index contributed by atoms with van der Waals surface area (Å²) in [5, 5.41) is 0. The normalized spacial score (nSPS) is 11.2. The number of hydrogen-bond donors (Lipinski definition) is 1. The van der Waals surface area contributed by atoms with E-state index in [1.807, 2.05) is 53.9 Å². The van der Waals surface area contributed by atoms with Crippen molar-refractivity contribution in [2.75, 3.05) is 7.11 Å². The fraction of sp³-hybridized carbons (Fsp3) is 0.111. The quantitative estimate of drug-likeness (QED) is 0.753. The molecule has 1 amide bonds. The van der Waals surface area contributed by atoms with E-state index in [0.717, 1.165) is 33.9 Å². The SMILES string of the molecule is COc1cccc(-c2nc3cc(C)ccn3c2/C=C/C(N)=O)c1. The second-order valence-corrected chi connectivity index (χ2v) is 5.25. The number of rotatable bonds is 4. The number of pyridine rings is 1. The van der Waals surface area contributed by atoms with Gasteiger partial charge in [-0.25, -0.2) is 4.98 Å². The molecule has 0 atom stereocenters. The average Bonchev–Trinajstić information content (AvgIpc) is 2.90. The molecule has 116 valence electrons. The van der Waals surface area contributed by atoms with Crippen molar-refractivity contribution < 1.29 is 9.53 Å². The number of hydrogen-bond acceptors (Lipinski definition) is 3. The third kappa shape index (κ3) is 2.94. The number of carbonyl (C=O) groups excluding carboxylic acids is 1. The predicted molar refractivity (Wildman–Crippen MR) is 90.1 cm³/mol. The van der Waals surface area contributed by atoms with Gasteiger partial charge in [-0.1, -0.05) is 12.1 Å². The van der Waals surface area contributed by atoms with Crippen molar-refractivity contribution in [2.24, 2.45) is 5.73 Å². The maximum Gasteiger partial charge on any atom is 0.241 e. The molecule has 23 heavy (non-hydrogen) atoms. The van der Waals surface area contributed by atoms with E-state index in [1.54, 1.807) is 13.2 Å². The van der Waals surface area contributed by atoms with Crippen LogP contribution in [0.3, 0.4) is 0 Å². The van der Waals surface area contributed by atoms with Crippen LogP contribution in [0.1, 0.15) is 11.3 Å². The van der Waals surface area contributed by atoms with Gasteiger partial charge in [-0.05, 0) is 42.8 Å². The summed E-state index contributed by atoms with van der Waals surface area (Å²) in [4.78, 5) is 15.8. The van der Waals surface area contributed by atoms with E-state index in [9.17, 15) is 4.79 Å². The number of fused-ring (bicyclic) bond motifs is 1. The van der Waals surface area contributed by atoms with Crippen LogP contribution in [0.25, 0.3) is 23.0 Å². The molecule has 0 saturated carbocycles. The topological polar surface area (TPSA) is 69.6 Å². The first-order valence-corrected chi connectivity index (χ1v) is 7.19. The number of benzene rings is 1. The van der Waals surface area contributed by atoms with Crippen molar-refractivity contribution in [3.05, 3.63) is 59.9 Å². The molecule has 2 N–H and O–H groups in total. The molecule has 0 spiro atoms. The van der Waals surface area contributed by atoms with Crippen LogP contribution in [0.5, 0.6) is 5.75 Å².